The van der Waals surface area contributed by atoms with Crippen molar-refractivity contribution < 1.29 is 14.2 Å². The summed E-state index contributed by atoms with van der Waals surface area (Å²) >= 11 is 6.27. The number of methoxy groups -OCH3 is 1. The predicted octanol–water partition coefficient (Wildman–Crippen LogP) is 5.59. The summed E-state index contributed by atoms with van der Waals surface area (Å²) in [6.45, 7) is 6.39. The van der Waals surface area contributed by atoms with Crippen molar-refractivity contribution in [3.05, 3.63) is 78.4 Å². The molecule has 2 bridgehead atoms. The average Bonchev–Trinajstić information content (AvgIpc) is 3.07. The van der Waals surface area contributed by atoms with Crippen LogP contribution < -0.4 is 24.0 Å². The summed E-state index contributed by atoms with van der Waals surface area (Å²) in [4.78, 5) is 11.6. The number of fused-ring (bicyclic) bond motifs is 4. The third-order valence-electron chi connectivity index (χ3n) is 8.73. The Kier molecular flexibility index (Phi) is 7.79. The highest BCUT2D eigenvalue weighted by Crippen LogP contribution is 2.60. The Bertz CT molecular complexity index is 1660. The second-order valence-corrected chi connectivity index (χ2v) is 11.5. The maximum Gasteiger partial charge on any atom is 0.141 e. The van der Waals surface area contributed by atoms with E-state index in [-0.39, 0.29) is 0 Å². The molecule has 0 spiro atoms. The quantitative estimate of drug-likeness (QED) is 0.304. The van der Waals surface area contributed by atoms with Crippen LogP contribution in [0.25, 0.3) is 0 Å². The summed E-state index contributed by atoms with van der Waals surface area (Å²) in [6, 6.07) is 28.6. The molecule has 3 unspecified atom stereocenters. The lowest BCUT2D eigenvalue weighted by Crippen LogP contribution is -2.73. The van der Waals surface area contributed by atoms with Gasteiger partial charge in [-0.2, -0.15) is 10.5 Å². The Balaban J connectivity index is 1.49. The Morgan fingerprint density at radius 1 is 0.841 bits per heavy atom. The van der Waals surface area contributed by atoms with Gasteiger partial charge < -0.3 is 28.9 Å². The summed E-state index contributed by atoms with van der Waals surface area (Å²) in [5.41, 5.74) is 0.174. The van der Waals surface area contributed by atoms with Crippen LogP contribution in [-0.4, -0.2) is 62.5 Å². The molecule has 2 fully saturated rings. The van der Waals surface area contributed by atoms with Crippen molar-refractivity contribution >= 4 is 34.4 Å². The van der Waals surface area contributed by atoms with Crippen molar-refractivity contribution in [2.24, 2.45) is 15.8 Å². The number of benzene rings is 3. The molecule has 3 aliphatic rings. The van der Waals surface area contributed by atoms with Gasteiger partial charge in [0.25, 0.3) is 0 Å². The van der Waals surface area contributed by atoms with Gasteiger partial charge in [-0.3, -0.25) is 0 Å². The number of aliphatic imine (C=N–C) groups is 1. The van der Waals surface area contributed by atoms with Crippen LogP contribution in [-0.2, 0) is 0 Å². The second-order valence-electron chi connectivity index (χ2n) is 11.1. The van der Waals surface area contributed by atoms with Crippen LogP contribution >= 0.6 is 12.2 Å². The fraction of sp³-hybridized carbons (Fsp3) is 0.353. The minimum atomic E-state index is -1.24. The van der Waals surface area contributed by atoms with Gasteiger partial charge in [-0.15, -0.1) is 0 Å². The Morgan fingerprint density at radius 2 is 1.41 bits per heavy atom. The number of amidine groups is 1. The normalized spacial score (nSPS) is 24.0. The lowest BCUT2D eigenvalue weighted by Gasteiger charge is -2.61. The molecule has 3 aromatic carbocycles. The predicted molar refractivity (Wildman–Crippen MR) is 173 cm³/mol. The van der Waals surface area contributed by atoms with Gasteiger partial charge >= 0.3 is 0 Å². The van der Waals surface area contributed by atoms with Crippen molar-refractivity contribution in [1.29, 1.82) is 10.5 Å². The van der Waals surface area contributed by atoms with Crippen LogP contribution in [0.1, 0.15) is 25.3 Å². The number of para-hydroxylation sites is 1. The lowest BCUT2D eigenvalue weighted by atomic mass is 9.53. The molecule has 3 aliphatic heterocycles. The van der Waals surface area contributed by atoms with Crippen molar-refractivity contribution in [1.82, 2.24) is 4.90 Å². The number of hydrogen-bond donors (Lipinski definition) is 0. The number of piperidine rings is 2. The first-order valence-electron chi connectivity index (χ1n) is 14.7. The van der Waals surface area contributed by atoms with Crippen molar-refractivity contribution in [2.45, 2.75) is 19.8 Å². The number of nitriles is 2. The van der Waals surface area contributed by atoms with E-state index in [1.54, 1.807) is 7.11 Å². The van der Waals surface area contributed by atoms with Crippen LogP contribution in [0.2, 0.25) is 0 Å². The smallest absolute Gasteiger partial charge is 0.141 e. The maximum absolute atomic E-state index is 11.2. The number of nitrogens with zero attached hydrogens (tertiary/aromatic N) is 6. The molecule has 224 valence electrons. The summed E-state index contributed by atoms with van der Waals surface area (Å²) in [5, 5.41) is 22.4. The zero-order valence-corrected chi connectivity index (χ0v) is 25.9. The van der Waals surface area contributed by atoms with Gasteiger partial charge in [0.05, 0.1) is 39.1 Å². The van der Waals surface area contributed by atoms with Gasteiger partial charge in [0, 0.05) is 35.9 Å². The van der Waals surface area contributed by atoms with E-state index < -0.39 is 16.7 Å². The molecule has 0 aromatic heterocycles. The molecular weight excluding hydrogens is 572 g/mol. The minimum absolute atomic E-state index is 0.301. The SMILES string of the molecule is CCOc1ccc(N2CN=C3N(C2)C(=S)C2(C#N)CN(c4ccc(OCC)cc4)CC3(C#N)C2c2ccccc2OC)cc1. The molecule has 9 nitrogen and oxygen atoms in total. The van der Waals surface area contributed by atoms with Crippen LogP contribution in [0.3, 0.4) is 0 Å². The molecule has 44 heavy (non-hydrogen) atoms. The van der Waals surface area contributed by atoms with Crippen molar-refractivity contribution in [2.75, 3.05) is 56.6 Å². The highest BCUT2D eigenvalue weighted by Gasteiger charge is 2.68. The summed E-state index contributed by atoms with van der Waals surface area (Å²) < 4.78 is 17.1. The zero-order valence-electron chi connectivity index (χ0n) is 25.1. The molecule has 3 heterocycles. The topological polar surface area (TPSA) is 97.4 Å². The second kappa shape index (κ2) is 11.7. The monoisotopic (exact) mass is 606 g/mol. The standard InChI is InChI=1S/C34H34N6O3S/c1-4-42-26-14-10-24(11-15-26)38-20-33(18-35)30(28-8-6-7-9-29(28)41-3)34(19-36,21-38)32(44)40-23-39(22-37-31(33)40)25-12-16-27(17-13-25)43-5-2/h6-17,30H,4-5,20-23H2,1-3H3. The lowest BCUT2D eigenvalue weighted by molar-refractivity contribution is 0.202. The number of anilines is 2. The van der Waals surface area contributed by atoms with Crippen LogP contribution in [0.5, 0.6) is 17.2 Å². The van der Waals surface area contributed by atoms with Gasteiger partial charge in [0.2, 0.25) is 0 Å². The van der Waals surface area contributed by atoms with Gasteiger partial charge in [-0.05, 0) is 68.4 Å². The molecule has 10 heteroatoms. The molecule has 0 aliphatic carbocycles. The van der Waals surface area contributed by atoms with Crippen molar-refractivity contribution in [3.8, 4) is 29.4 Å². The van der Waals surface area contributed by atoms with E-state index in [0.717, 1.165) is 28.4 Å². The van der Waals surface area contributed by atoms with Gasteiger partial charge in [0.1, 0.15) is 45.6 Å². The summed E-state index contributed by atoms with van der Waals surface area (Å²) in [5.74, 6) is 2.17. The molecule has 6 rings (SSSR count). The molecule has 2 saturated heterocycles. The van der Waals surface area contributed by atoms with Crippen LogP contribution in [0.15, 0.2) is 77.8 Å². The molecule has 0 amide bonds. The Morgan fingerprint density at radius 3 is 1.98 bits per heavy atom. The number of hydrogen-bond acceptors (Lipinski definition) is 9. The van der Waals surface area contributed by atoms with Gasteiger partial charge in [-0.1, -0.05) is 30.4 Å². The first kappa shape index (κ1) is 29.3. The molecule has 3 aromatic rings. The first-order valence-corrected chi connectivity index (χ1v) is 15.1. The van der Waals surface area contributed by atoms with Gasteiger partial charge in [0.15, 0.2) is 0 Å². The molecular formula is C34H34N6O3S. The highest BCUT2D eigenvalue weighted by molar-refractivity contribution is 7.80. The fourth-order valence-corrected chi connectivity index (χ4v) is 7.25. The summed E-state index contributed by atoms with van der Waals surface area (Å²) in [7, 11) is 1.61. The van der Waals surface area contributed by atoms with Crippen LogP contribution in [0.4, 0.5) is 11.4 Å². The van der Waals surface area contributed by atoms with E-state index in [9.17, 15) is 10.5 Å². The van der Waals surface area contributed by atoms with E-state index in [2.05, 4.69) is 21.9 Å². The Hall–Kier alpha value is -4.80. The largest absolute Gasteiger partial charge is 0.496 e. The van der Waals surface area contributed by atoms with E-state index in [0.29, 0.717) is 56.2 Å². The summed E-state index contributed by atoms with van der Waals surface area (Å²) in [6.07, 6.45) is 0. The van der Waals surface area contributed by atoms with E-state index >= 15 is 0 Å². The number of ether oxygens (including phenoxy) is 3. The van der Waals surface area contributed by atoms with E-state index in [1.165, 1.54) is 0 Å². The molecule has 0 saturated carbocycles. The fourth-order valence-electron chi connectivity index (χ4n) is 6.87. The van der Waals surface area contributed by atoms with Crippen molar-refractivity contribution in [3.63, 3.8) is 0 Å². The third kappa shape index (κ3) is 4.58. The number of thiocarbonyl (C=S) groups is 1. The Labute approximate surface area is 263 Å². The van der Waals surface area contributed by atoms with Gasteiger partial charge in [-0.25, -0.2) is 4.99 Å². The minimum Gasteiger partial charge on any atom is -0.496 e. The maximum atomic E-state index is 11.2. The number of rotatable bonds is 8. The van der Waals surface area contributed by atoms with E-state index in [1.807, 2.05) is 91.5 Å². The first-order chi connectivity index (χ1) is 21.4. The average molecular weight is 607 g/mol. The third-order valence-corrected chi connectivity index (χ3v) is 9.31. The zero-order chi connectivity index (χ0) is 30.9. The van der Waals surface area contributed by atoms with Crippen LogP contribution in [0, 0.1) is 33.5 Å². The molecule has 0 N–H and O–H groups in total. The van der Waals surface area contributed by atoms with E-state index in [4.69, 9.17) is 31.4 Å². The molecule has 0 radical (unpaired) electrons. The highest BCUT2D eigenvalue weighted by atomic mass is 32.1. The molecule has 3 atom stereocenters.